The molecular formula is C6H11ClN2O2. The van der Waals surface area contributed by atoms with Gasteiger partial charge in [-0.25, -0.2) is 0 Å². The summed E-state index contributed by atoms with van der Waals surface area (Å²) in [6, 6.07) is -0.00699. The van der Waals surface area contributed by atoms with Crippen molar-refractivity contribution < 1.29 is 9.59 Å². The molecule has 0 saturated heterocycles. The molecule has 0 radical (unpaired) electrons. The van der Waals surface area contributed by atoms with Crippen molar-refractivity contribution in [2.75, 3.05) is 6.54 Å². The quantitative estimate of drug-likeness (QED) is 0.278. The van der Waals surface area contributed by atoms with E-state index < -0.39 is 5.37 Å². The average Bonchev–Trinajstić information content (AvgIpc) is 1.86. The number of hydrogen-bond acceptors (Lipinski definition) is 2. The maximum atomic E-state index is 10.3. The van der Waals surface area contributed by atoms with Crippen LogP contribution in [0.2, 0.25) is 0 Å². The van der Waals surface area contributed by atoms with E-state index >= 15 is 0 Å². The Morgan fingerprint density at radius 1 is 1.73 bits per heavy atom. The number of halogens is 1. The van der Waals surface area contributed by atoms with E-state index in [1.165, 1.54) is 0 Å². The van der Waals surface area contributed by atoms with Gasteiger partial charge in [0.1, 0.15) is 0 Å². The maximum absolute atomic E-state index is 10.3. The zero-order chi connectivity index (χ0) is 8.69. The summed E-state index contributed by atoms with van der Waals surface area (Å²) in [7, 11) is 0. The largest absolute Gasteiger partial charge is 0.359 e. The van der Waals surface area contributed by atoms with Crippen LogP contribution in [0.3, 0.4) is 0 Å². The van der Waals surface area contributed by atoms with Gasteiger partial charge in [-0.3, -0.25) is 9.59 Å². The van der Waals surface area contributed by atoms with Crippen LogP contribution in [0.1, 0.15) is 13.3 Å². The lowest BCUT2D eigenvalue weighted by Crippen LogP contribution is -2.31. The Kier molecular flexibility index (Phi) is 5.56. The zero-order valence-electron chi connectivity index (χ0n) is 6.26. The standard InChI is InChI=1S/C6H11ClN2O2/c1-5(9-6(7)11)2-3-8-4-10/h4-5H,2-3H2,1H3,(H,8,10)(H,9,11). The van der Waals surface area contributed by atoms with Gasteiger partial charge in [-0.2, -0.15) is 0 Å². The normalized spacial score (nSPS) is 11.8. The predicted molar refractivity (Wildman–Crippen MR) is 42.5 cm³/mol. The Balaban J connectivity index is 3.28. The van der Waals surface area contributed by atoms with Crippen molar-refractivity contribution in [1.29, 1.82) is 0 Å². The highest BCUT2D eigenvalue weighted by atomic mass is 35.5. The number of rotatable bonds is 5. The van der Waals surface area contributed by atoms with Crippen molar-refractivity contribution >= 4 is 23.4 Å². The smallest absolute Gasteiger partial charge is 0.313 e. The van der Waals surface area contributed by atoms with E-state index in [0.717, 1.165) is 0 Å². The van der Waals surface area contributed by atoms with Gasteiger partial charge in [-0.05, 0) is 24.9 Å². The number of carbonyl (C=O) groups is 2. The SMILES string of the molecule is CC(CCNC=O)NC(=O)Cl. The minimum atomic E-state index is -0.566. The Morgan fingerprint density at radius 2 is 2.36 bits per heavy atom. The van der Waals surface area contributed by atoms with Crippen LogP contribution in [0.4, 0.5) is 4.79 Å². The Bertz CT molecular complexity index is 141. The second-order valence-corrected chi connectivity index (χ2v) is 2.52. The van der Waals surface area contributed by atoms with Crippen LogP contribution in [-0.4, -0.2) is 24.4 Å². The summed E-state index contributed by atoms with van der Waals surface area (Å²) in [6.07, 6.45) is 1.30. The monoisotopic (exact) mass is 178 g/mol. The predicted octanol–water partition coefficient (Wildman–Crippen LogP) is 0.459. The zero-order valence-corrected chi connectivity index (χ0v) is 7.02. The fraction of sp³-hybridized carbons (Fsp3) is 0.667. The fourth-order valence-corrected chi connectivity index (χ4v) is 0.811. The lowest BCUT2D eigenvalue weighted by molar-refractivity contribution is -0.109. The molecule has 0 aliphatic rings. The molecule has 2 N–H and O–H groups in total. The Morgan fingerprint density at radius 3 is 2.82 bits per heavy atom. The minimum Gasteiger partial charge on any atom is -0.359 e. The van der Waals surface area contributed by atoms with Crippen molar-refractivity contribution in [1.82, 2.24) is 10.6 Å². The third kappa shape index (κ3) is 7.12. The van der Waals surface area contributed by atoms with Crippen LogP contribution in [0.25, 0.3) is 0 Å². The number of amides is 2. The van der Waals surface area contributed by atoms with Crippen LogP contribution in [-0.2, 0) is 4.79 Å². The topological polar surface area (TPSA) is 58.2 Å². The van der Waals surface area contributed by atoms with Crippen molar-refractivity contribution in [3.63, 3.8) is 0 Å². The molecule has 0 aliphatic heterocycles. The summed E-state index contributed by atoms with van der Waals surface area (Å²) in [6.45, 7) is 2.36. The highest BCUT2D eigenvalue weighted by Gasteiger charge is 2.02. The molecule has 0 spiro atoms. The van der Waals surface area contributed by atoms with Crippen LogP contribution < -0.4 is 10.6 Å². The van der Waals surface area contributed by atoms with E-state index in [1.807, 2.05) is 6.92 Å². The highest BCUT2D eigenvalue weighted by molar-refractivity contribution is 6.62. The first kappa shape index (κ1) is 10.2. The van der Waals surface area contributed by atoms with E-state index in [9.17, 15) is 9.59 Å². The minimum absolute atomic E-state index is 0.00699. The third-order valence-corrected chi connectivity index (χ3v) is 1.27. The highest BCUT2D eigenvalue weighted by Crippen LogP contribution is 1.90. The third-order valence-electron chi connectivity index (χ3n) is 1.16. The summed E-state index contributed by atoms with van der Waals surface area (Å²) in [4.78, 5) is 20.0. The molecule has 4 nitrogen and oxygen atoms in total. The lowest BCUT2D eigenvalue weighted by Gasteiger charge is -2.09. The van der Waals surface area contributed by atoms with Gasteiger partial charge in [-0.15, -0.1) is 0 Å². The van der Waals surface area contributed by atoms with Crippen LogP contribution in [0.5, 0.6) is 0 Å². The average molecular weight is 179 g/mol. The lowest BCUT2D eigenvalue weighted by atomic mass is 10.2. The molecule has 1 unspecified atom stereocenters. The van der Waals surface area contributed by atoms with Crippen molar-refractivity contribution in [2.24, 2.45) is 0 Å². The van der Waals surface area contributed by atoms with E-state index in [1.54, 1.807) is 0 Å². The van der Waals surface area contributed by atoms with Gasteiger partial charge < -0.3 is 10.6 Å². The first-order valence-corrected chi connectivity index (χ1v) is 3.67. The second kappa shape index (κ2) is 5.97. The molecule has 0 aromatic carbocycles. The summed E-state index contributed by atoms with van der Waals surface area (Å²) in [5.74, 6) is 0. The molecule has 2 amide bonds. The van der Waals surface area contributed by atoms with Gasteiger partial charge in [0.25, 0.3) is 0 Å². The molecule has 0 aromatic heterocycles. The van der Waals surface area contributed by atoms with E-state index in [0.29, 0.717) is 19.4 Å². The fourth-order valence-electron chi connectivity index (χ4n) is 0.625. The van der Waals surface area contributed by atoms with Crippen molar-refractivity contribution in [3.05, 3.63) is 0 Å². The first-order chi connectivity index (χ1) is 5.16. The molecule has 0 aliphatic carbocycles. The second-order valence-electron chi connectivity index (χ2n) is 2.18. The summed E-state index contributed by atoms with van der Waals surface area (Å²) >= 11 is 5.05. The molecule has 0 bridgehead atoms. The van der Waals surface area contributed by atoms with Crippen LogP contribution in [0.15, 0.2) is 0 Å². The Hall–Kier alpha value is -0.770. The molecule has 0 saturated carbocycles. The van der Waals surface area contributed by atoms with Crippen molar-refractivity contribution in [2.45, 2.75) is 19.4 Å². The van der Waals surface area contributed by atoms with Gasteiger partial charge in [0, 0.05) is 12.6 Å². The molecule has 0 fully saturated rings. The van der Waals surface area contributed by atoms with Gasteiger partial charge in [0.15, 0.2) is 0 Å². The van der Waals surface area contributed by atoms with E-state index in [4.69, 9.17) is 11.6 Å². The van der Waals surface area contributed by atoms with E-state index in [2.05, 4.69) is 10.6 Å². The van der Waals surface area contributed by atoms with Crippen LogP contribution >= 0.6 is 11.6 Å². The van der Waals surface area contributed by atoms with Crippen LogP contribution in [0, 0.1) is 0 Å². The van der Waals surface area contributed by atoms with E-state index in [-0.39, 0.29) is 6.04 Å². The summed E-state index contributed by atoms with van der Waals surface area (Å²) in [5.41, 5.74) is 0. The molecule has 5 heteroatoms. The number of hydrogen-bond donors (Lipinski definition) is 2. The van der Waals surface area contributed by atoms with Gasteiger partial charge in [-0.1, -0.05) is 0 Å². The molecular weight excluding hydrogens is 168 g/mol. The number of nitrogens with one attached hydrogen (secondary N) is 2. The summed E-state index contributed by atoms with van der Waals surface area (Å²) < 4.78 is 0. The van der Waals surface area contributed by atoms with Gasteiger partial charge in [0.2, 0.25) is 6.41 Å². The molecule has 0 rings (SSSR count). The number of carbonyl (C=O) groups excluding carboxylic acids is 2. The van der Waals surface area contributed by atoms with Gasteiger partial charge in [0.05, 0.1) is 0 Å². The molecule has 1 atom stereocenters. The molecule has 11 heavy (non-hydrogen) atoms. The van der Waals surface area contributed by atoms with Gasteiger partial charge >= 0.3 is 5.37 Å². The Labute approximate surface area is 70.3 Å². The first-order valence-electron chi connectivity index (χ1n) is 3.30. The molecule has 0 heterocycles. The molecule has 64 valence electrons. The summed E-state index contributed by atoms with van der Waals surface area (Å²) in [5, 5.41) is 4.38. The maximum Gasteiger partial charge on any atom is 0.313 e. The molecule has 0 aromatic rings. The van der Waals surface area contributed by atoms with Crippen molar-refractivity contribution in [3.8, 4) is 0 Å².